The Balaban J connectivity index is 1.97. The molecule has 0 aliphatic rings. The molecule has 0 aliphatic carbocycles. The van der Waals surface area contributed by atoms with Gasteiger partial charge in [-0.3, -0.25) is 4.79 Å². The van der Waals surface area contributed by atoms with Crippen molar-refractivity contribution in [1.29, 1.82) is 0 Å². The van der Waals surface area contributed by atoms with E-state index in [-0.39, 0.29) is 0 Å². The van der Waals surface area contributed by atoms with Crippen LogP contribution in [0.15, 0.2) is 54.6 Å². The van der Waals surface area contributed by atoms with Gasteiger partial charge >= 0.3 is 0 Å². The van der Waals surface area contributed by atoms with Crippen LogP contribution in [0.2, 0.25) is 0 Å². The highest BCUT2D eigenvalue weighted by Crippen LogP contribution is 2.33. The van der Waals surface area contributed by atoms with Crippen LogP contribution < -0.4 is 15.4 Å². The van der Waals surface area contributed by atoms with E-state index in [4.69, 9.17) is 11.2 Å². The smallest absolute Gasteiger partial charge is 0.284 e. The molecular formula is C23H22FN5O2. The third-order valence-electron chi connectivity index (χ3n) is 4.35. The van der Waals surface area contributed by atoms with Gasteiger partial charge in [0.25, 0.3) is 5.91 Å². The third-order valence-corrected chi connectivity index (χ3v) is 4.35. The maximum atomic E-state index is 14.2. The number of halogens is 1. The number of ether oxygens (including phenoxy) is 1. The van der Waals surface area contributed by atoms with Crippen LogP contribution in [0, 0.1) is 12.3 Å². The summed E-state index contributed by atoms with van der Waals surface area (Å²) < 4.78 is 19.5. The van der Waals surface area contributed by atoms with Crippen LogP contribution in [-0.4, -0.2) is 48.5 Å². The molecule has 8 heteroatoms. The lowest BCUT2D eigenvalue weighted by molar-refractivity contribution is -0.114. The summed E-state index contributed by atoms with van der Waals surface area (Å²) >= 11 is 0. The largest absolute Gasteiger partial charge is 0.494 e. The molecule has 1 aromatic heterocycles. The highest BCUT2D eigenvalue weighted by Gasteiger charge is 2.15. The molecule has 0 spiro atoms. The van der Waals surface area contributed by atoms with Crippen LogP contribution in [0.5, 0.6) is 5.75 Å². The normalized spacial score (nSPS) is 11.3. The molecule has 0 unspecified atom stereocenters. The highest BCUT2D eigenvalue weighted by molar-refractivity contribution is 6.05. The summed E-state index contributed by atoms with van der Waals surface area (Å²) in [6.07, 6.45) is 8.09. The maximum absolute atomic E-state index is 14.2. The van der Waals surface area contributed by atoms with Gasteiger partial charge in [0, 0.05) is 29.2 Å². The number of likely N-dealkylation sites (N-methyl/N-ethyl adjacent to an activating group) is 1. The zero-order valence-corrected chi connectivity index (χ0v) is 17.4. The predicted molar refractivity (Wildman–Crippen MR) is 120 cm³/mol. The molecule has 2 N–H and O–H groups in total. The van der Waals surface area contributed by atoms with Crippen LogP contribution in [0.1, 0.15) is 5.56 Å². The summed E-state index contributed by atoms with van der Waals surface area (Å²) in [4.78, 5) is 22.6. The monoisotopic (exact) mass is 419 g/mol. The summed E-state index contributed by atoms with van der Waals surface area (Å²) in [5.41, 5.74) is 2.35. The average Bonchev–Trinajstić information content (AvgIpc) is 2.77. The van der Waals surface area contributed by atoms with Gasteiger partial charge in [-0.25, -0.2) is 14.4 Å². The van der Waals surface area contributed by atoms with E-state index in [1.54, 1.807) is 31.1 Å². The zero-order valence-electron chi connectivity index (χ0n) is 17.4. The number of nitrogens with zero attached hydrogens (tertiary/aromatic N) is 3. The highest BCUT2D eigenvalue weighted by atomic mass is 19.1. The van der Waals surface area contributed by atoms with Crippen LogP contribution in [-0.2, 0) is 4.79 Å². The van der Waals surface area contributed by atoms with E-state index in [1.807, 2.05) is 24.3 Å². The summed E-state index contributed by atoms with van der Waals surface area (Å²) in [7, 11) is 5.02. The lowest BCUT2D eigenvalue weighted by atomic mass is 10.1. The molecule has 2 aromatic carbocycles. The van der Waals surface area contributed by atoms with Gasteiger partial charge in [-0.1, -0.05) is 12.0 Å². The molecule has 31 heavy (non-hydrogen) atoms. The number of hydrogen-bond acceptors (Lipinski definition) is 6. The molecule has 7 nitrogen and oxygen atoms in total. The minimum Gasteiger partial charge on any atom is -0.494 e. The second-order valence-electron chi connectivity index (χ2n) is 6.91. The fraction of sp³-hybridized carbons (Fsp3) is 0.174. The van der Waals surface area contributed by atoms with Crippen molar-refractivity contribution in [2.45, 2.75) is 0 Å². The zero-order chi connectivity index (χ0) is 22.4. The lowest BCUT2D eigenvalue weighted by Gasteiger charge is -2.14. The average molecular weight is 419 g/mol. The number of methoxy groups -OCH3 is 1. The first-order valence-corrected chi connectivity index (χ1v) is 9.39. The number of anilines is 3. The quantitative estimate of drug-likeness (QED) is 0.449. The number of fused-ring (bicyclic) bond motifs is 1. The van der Waals surface area contributed by atoms with Gasteiger partial charge in [0.05, 0.1) is 18.3 Å². The van der Waals surface area contributed by atoms with Gasteiger partial charge in [0.2, 0.25) is 0 Å². The molecule has 0 atom stereocenters. The topological polar surface area (TPSA) is 79.4 Å². The summed E-state index contributed by atoms with van der Waals surface area (Å²) in [6, 6.07) is 10.6. The molecule has 1 heterocycles. The van der Waals surface area contributed by atoms with Crippen molar-refractivity contribution in [1.82, 2.24) is 14.9 Å². The van der Waals surface area contributed by atoms with E-state index in [1.165, 1.54) is 19.5 Å². The molecule has 0 radical (unpaired) electrons. The number of amides is 1. The SMILES string of the molecule is C#Cc1cccc(Nc2ncnc3cc(OC)c(NC(=O)C(F)=CCN(C)C)cc23)c1. The summed E-state index contributed by atoms with van der Waals surface area (Å²) in [5, 5.41) is 6.37. The second kappa shape index (κ2) is 9.69. The van der Waals surface area contributed by atoms with Crippen molar-refractivity contribution in [3.05, 3.63) is 60.2 Å². The molecule has 0 saturated carbocycles. The van der Waals surface area contributed by atoms with Gasteiger partial charge < -0.3 is 20.3 Å². The first-order chi connectivity index (χ1) is 14.9. The Morgan fingerprint density at radius 1 is 1.29 bits per heavy atom. The Morgan fingerprint density at radius 2 is 2.10 bits per heavy atom. The van der Waals surface area contributed by atoms with E-state index in [9.17, 15) is 9.18 Å². The Labute approximate surface area is 180 Å². The van der Waals surface area contributed by atoms with Crippen molar-refractivity contribution in [3.63, 3.8) is 0 Å². The Bertz CT molecular complexity index is 1180. The summed E-state index contributed by atoms with van der Waals surface area (Å²) in [6.45, 7) is 0.298. The Kier molecular flexibility index (Phi) is 6.80. The van der Waals surface area contributed by atoms with Crippen molar-refractivity contribution in [2.24, 2.45) is 0 Å². The number of terminal acetylenes is 1. The van der Waals surface area contributed by atoms with E-state index in [2.05, 4.69) is 26.5 Å². The molecule has 0 bridgehead atoms. The van der Waals surface area contributed by atoms with Crippen LogP contribution >= 0.6 is 0 Å². The number of aromatic nitrogens is 2. The van der Waals surface area contributed by atoms with Crippen LogP contribution in [0.3, 0.4) is 0 Å². The molecule has 3 aromatic rings. The maximum Gasteiger partial charge on any atom is 0.284 e. The lowest BCUT2D eigenvalue weighted by Crippen LogP contribution is -2.16. The number of benzene rings is 2. The van der Waals surface area contributed by atoms with Crippen molar-refractivity contribution in [2.75, 3.05) is 38.4 Å². The molecule has 1 amide bonds. The molecule has 3 rings (SSSR count). The molecular weight excluding hydrogens is 397 g/mol. The van der Waals surface area contributed by atoms with Gasteiger partial charge in [0.1, 0.15) is 17.9 Å². The Hall–Kier alpha value is -3.96. The van der Waals surface area contributed by atoms with Gasteiger partial charge in [-0.15, -0.1) is 6.42 Å². The molecule has 158 valence electrons. The van der Waals surface area contributed by atoms with Crippen LogP contribution in [0.25, 0.3) is 10.9 Å². The van der Waals surface area contributed by atoms with Gasteiger partial charge in [-0.05, 0) is 44.4 Å². The predicted octanol–water partition coefficient (Wildman–Crippen LogP) is 3.72. The minimum absolute atomic E-state index is 0.295. The van der Waals surface area contributed by atoms with Crippen molar-refractivity contribution >= 4 is 34.0 Å². The van der Waals surface area contributed by atoms with Crippen molar-refractivity contribution < 1.29 is 13.9 Å². The molecule has 0 fully saturated rings. The van der Waals surface area contributed by atoms with Crippen molar-refractivity contribution in [3.8, 4) is 18.1 Å². The third kappa shape index (κ3) is 5.35. The summed E-state index contributed by atoms with van der Waals surface area (Å²) in [5.74, 6) is 1.68. The number of carbonyl (C=O) groups is 1. The van der Waals surface area contributed by atoms with E-state index < -0.39 is 11.7 Å². The van der Waals surface area contributed by atoms with Gasteiger partial charge in [-0.2, -0.15) is 0 Å². The number of nitrogens with one attached hydrogen (secondary N) is 2. The number of carbonyl (C=O) groups excluding carboxylic acids is 1. The number of rotatable bonds is 7. The fourth-order valence-corrected chi connectivity index (χ4v) is 2.81. The van der Waals surface area contributed by atoms with E-state index in [0.29, 0.717) is 34.7 Å². The number of hydrogen-bond donors (Lipinski definition) is 2. The first kappa shape index (κ1) is 21.7. The standard InChI is InChI=1S/C23H22FN5O2/c1-5-15-7-6-8-16(11-15)27-22-17-12-20(21(31-4)13-19(17)25-14-26-22)28-23(30)18(24)9-10-29(2)3/h1,6-9,11-14H,10H2,2-4H3,(H,28,30)(H,25,26,27). The van der Waals surface area contributed by atoms with Gasteiger partial charge in [0.15, 0.2) is 5.83 Å². The van der Waals surface area contributed by atoms with E-state index in [0.717, 1.165) is 11.3 Å². The molecule has 0 saturated heterocycles. The minimum atomic E-state index is -0.885. The molecule has 0 aliphatic heterocycles. The van der Waals surface area contributed by atoms with Crippen LogP contribution in [0.4, 0.5) is 21.6 Å². The van der Waals surface area contributed by atoms with E-state index >= 15 is 0 Å². The second-order valence-corrected chi connectivity index (χ2v) is 6.91. The Morgan fingerprint density at radius 3 is 2.81 bits per heavy atom. The first-order valence-electron chi connectivity index (χ1n) is 9.39. The fourth-order valence-electron chi connectivity index (χ4n) is 2.81.